The maximum absolute atomic E-state index is 11.8. The van der Waals surface area contributed by atoms with Gasteiger partial charge in [-0.2, -0.15) is 0 Å². The van der Waals surface area contributed by atoms with E-state index in [1.807, 2.05) is 29.2 Å². The summed E-state index contributed by atoms with van der Waals surface area (Å²) in [5, 5.41) is 7.43. The van der Waals surface area contributed by atoms with E-state index < -0.39 is 0 Å². The third-order valence-electron chi connectivity index (χ3n) is 4.95. The number of amides is 1. The van der Waals surface area contributed by atoms with Gasteiger partial charge in [-0.05, 0) is 48.6 Å². The van der Waals surface area contributed by atoms with Crippen molar-refractivity contribution in [2.24, 2.45) is 4.99 Å². The fourth-order valence-electron chi connectivity index (χ4n) is 3.33. The highest BCUT2D eigenvalue weighted by Gasteiger charge is 2.19. The minimum atomic E-state index is 0. The van der Waals surface area contributed by atoms with Crippen LogP contribution in [0.1, 0.15) is 36.5 Å². The summed E-state index contributed by atoms with van der Waals surface area (Å²) in [6.07, 6.45) is 2.57. The molecule has 30 heavy (non-hydrogen) atoms. The topological polar surface area (TPSA) is 56.7 Å². The van der Waals surface area contributed by atoms with Gasteiger partial charge in [0.2, 0.25) is 5.91 Å². The highest BCUT2D eigenvalue weighted by atomic mass is 127. The van der Waals surface area contributed by atoms with Crippen LogP contribution in [-0.2, 0) is 24.3 Å². The number of hydrogen-bond donors (Lipinski definition) is 2. The summed E-state index contributed by atoms with van der Waals surface area (Å²) in [5.74, 6) is 1.08. The molecule has 0 aliphatic carbocycles. The van der Waals surface area contributed by atoms with E-state index >= 15 is 0 Å². The van der Waals surface area contributed by atoms with Crippen LogP contribution in [-0.4, -0.2) is 36.4 Å². The maximum Gasteiger partial charge on any atom is 0.222 e. The fraction of sp³-hybridized carbons (Fsp3) is 0.391. The van der Waals surface area contributed by atoms with E-state index in [1.165, 1.54) is 11.1 Å². The Hall–Kier alpha value is -1.80. The number of hydrogen-bond acceptors (Lipinski definition) is 2. The molecule has 1 amide bonds. The number of nitrogens with one attached hydrogen (secondary N) is 2. The predicted molar refractivity (Wildman–Crippen MR) is 134 cm³/mol. The molecule has 1 saturated heterocycles. The van der Waals surface area contributed by atoms with Gasteiger partial charge in [0.15, 0.2) is 5.96 Å². The molecular weight excluding hydrogens is 511 g/mol. The van der Waals surface area contributed by atoms with Crippen molar-refractivity contribution in [3.05, 3.63) is 70.2 Å². The molecule has 0 saturated carbocycles. The molecule has 1 aliphatic rings. The van der Waals surface area contributed by atoms with Crippen molar-refractivity contribution in [2.45, 2.75) is 39.3 Å². The van der Waals surface area contributed by atoms with E-state index in [4.69, 9.17) is 11.6 Å². The van der Waals surface area contributed by atoms with Gasteiger partial charge in [-0.1, -0.05) is 48.0 Å². The lowest BCUT2D eigenvalue weighted by atomic mass is 10.1. The maximum atomic E-state index is 11.8. The Labute approximate surface area is 201 Å². The molecule has 3 rings (SSSR count). The van der Waals surface area contributed by atoms with Crippen molar-refractivity contribution in [3.8, 4) is 0 Å². The Morgan fingerprint density at radius 2 is 1.70 bits per heavy atom. The van der Waals surface area contributed by atoms with Gasteiger partial charge in [-0.25, -0.2) is 4.99 Å². The molecule has 0 radical (unpaired) electrons. The highest BCUT2D eigenvalue weighted by molar-refractivity contribution is 14.0. The molecule has 2 aromatic rings. The van der Waals surface area contributed by atoms with Crippen molar-refractivity contribution >= 4 is 47.4 Å². The highest BCUT2D eigenvalue weighted by Crippen LogP contribution is 2.15. The number of carbonyl (C=O) groups excluding carboxylic acids is 1. The van der Waals surface area contributed by atoms with E-state index in [-0.39, 0.29) is 29.9 Å². The van der Waals surface area contributed by atoms with Gasteiger partial charge in [0.05, 0.1) is 6.54 Å². The SMILES string of the molecule is CCNC(=NCc1ccc(CN2CCCC2=O)cc1)NCCc1ccc(Cl)cc1.I. The molecule has 2 aromatic carbocycles. The lowest BCUT2D eigenvalue weighted by molar-refractivity contribution is -0.128. The minimum Gasteiger partial charge on any atom is -0.357 e. The van der Waals surface area contributed by atoms with Gasteiger partial charge in [0.25, 0.3) is 0 Å². The monoisotopic (exact) mass is 540 g/mol. The molecule has 1 fully saturated rings. The average molecular weight is 541 g/mol. The molecule has 0 spiro atoms. The second kappa shape index (κ2) is 12.8. The smallest absolute Gasteiger partial charge is 0.222 e. The van der Waals surface area contributed by atoms with Crippen LogP contribution in [0.5, 0.6) is 0 Å². The zero-order chi connectivity index (χ0) is 20.5. The lowest BCUT2D eigenvalue weighted by Gasteiger charge is -2.15. The van der Waals surface area contributed by atoms with E-state index in [2.05, 4.69) is 46.8 Å². The van der Waals surface area contributed by atoms with Crippen molar-refractivity contribution in [1.29, 1.82) is 0 Å². The number of likely N-dealkylation sites (tertiary alicyclic amines) is 1. The first-order valence-electron chi connectivity index (χ1n) is 10.3. The zero-order valence-corrected chi connectivity index (χ0v) is 20.5. The molecule has 162 valence electrons. The van der Waals surface area contributed by atoms with Gasteiger partial charge in [0.1, 0.15) is 0 Å². The van der Waals surface area contributed by atoms with Crippen molar-refractivity contribution in [3.63, 3.8) is 0 Å². The third-order valence-corrected chi connectivity index (χ3v) is 5.20. The van der Waals surface area contributed by atoms with Crippen LogP contribution in [0.25, 0.3) is 0 Å². The van der Waals surface area contributed by atoms with Crippen molar-refractivity contribution < 1.29 is 4.79 Å². The summed E-state index contributed by atoms with van der Waals surface area (Å²) in [4.78, 5) is 18.4. The third kappa shape index (κ3) is 7.80. The Balaban J connectivity index is 0.00000320. The lowest BCUT2D eigenvalue weighted by Crippen LogP contribution is -2.38. The molecule has 5 nitrogen and oxygen atoms in total. The Bertz CT molecular complexity index is 824. The van der Waals surface area contributed by atoms with Crippen LogP contribution in [0.4, 0.5) is 0 Å². The van der Waals surface area contributed by atoms with Crippen LogP contribution in [0, 0.1) is 0 Å². The summed E-state index contributed by atoms with van der Waals surface area (Å²) in [6.45, 7) is 5.87. The van der Waals surface area contributed by atoms with Crippen molar-refractivity contribution in [2.75, 3.05) is 19.6 Å². The number of benzene rings is 2. The summed E-state index contributed by atoms with van der Waals surface area (Å²) in [6, 6.07) is 16.3. The second-order valence-corrected chi connectivity index (χ2v) is 7.67. The largest absolute Gasteiger partial charge is 0.357 e. The quantitative estimate of drug-likeness (QED) is 0.297. The second-order valence-electron chi connectivity index (χ2n) is 7.23. The van der Waals surface area contributed by atoms with E-state index in [1.54, 1.807) is 0 Å². The van der Waals surface area contributed by atoms with Crippen LogP contribution < -0.4 is 10.6 Å². The molecule has 0 atom stereocenters. The van der Waals surface area contributed by atoms with E-state index in [0.717, 1.165) is 49.0 Å². The molecule has 0 unspecified atom stereocenters. The summed E-state index contributed by atoms with van der Waals surface area (Å²) >= 11 is 5.93. The van der Waals surface area contributed by atoms with Crippen LogP contribution >= 0.6 is 35.6 Å². The summed E-state index contributed by atoms with van der Waals surface area (Å²) in [5.41, 5.74) is 3.56. The van der Waals surface area contributed by atoms with Gasteiger partial charge in [-0.3, -0.25) is 4.79 Å². The van der Waals surface area contributed by atoms with E-state index in [9.17, 15) is 4.79 Å². The molecule has 2 N–H and O–H groups in total. The molecule has 7 heteroatoms. The number of guanidine groups is 1. The first-order chi connectivity index (χ1) is 14.1. The minimum absolute atomic E-state index is 0. The van der Waals surface area contributed by atoms with E-state index in [0.29, 0.717) is 19.5 Å². The first kappa shape index (κ1) is 24.5. The number of carbonyl (C=O) groups is 1. The zero-order valence-electron chi connectivity index (χ0n) is 17.4. The first-order valence-corrected chi connectivity index (χ1v) is 10.6. The average Bonchev–Trinajstić information content (AvgIpc) is 3.13. The molecular formula is C23H30ClIN4O. The van der Waals surface area contributed by atoms with Crippen LogP contribution in [0.15, 0.2) is 53.5 Å². The Morgan fingerprint density at radius 3 is 2.33 bits per heavy atom. The number of halogens is 2. The Kier molecular flexibility index (Phi) is 10.4. The molecule has 0 bridgehead atoms. The van der Waals surface area contributed by atoms with Crippen molar-refractivity contribution in [1.82, 2.24) is 15.5 Å². The number of nitrogens with zero attached hydrogens (tertiary/aromatic N) is 2. The van der Waals surface area contributed by atoms with Gasteiger partial charge >= 0.3 is 0 Å². The van der Waals surface area contributed by atoms with Gasteiger partial charge < -0.3 is 15.5 Å². The molecule has 0 aromatic heterocycles. The van der Waals surface area contributed by atoms with Crippen LogP contribution in [0.2, 0.25) is 5.02 Å². The number of rotatable bonds is 8. The summed E-state index contributed by atoms with van der Waals surface area (Å²) < 4.78 is 0. The fourth-order valence-corrected chi connectivity index (χ4v) is 3.46. The molecule has 1 heterocycles. The molecule has 1 aliphatic heterocycles. The predicted octanol–water partition coefficient (Wildman–Crippen LogP) is 4.38. The van der Waals surface area contributed by atoms with Gasteiger partial charge in [-0.15, -0.1) is 24.0 Å². The van der Waals surface area contributed by atoms with Gasteiger partial charge in [0, 0.05) is 37.6 Å². The standard InChI is InChI=1S/C23H29ClN4O.HI/c1-2-25-23(26-14-13-18-9-11-21(24)12-10-18)27-16-19-5-7-20(8-6-19)17-28-15-3-4-22(28)29;/h5-12H,2-4,13-17H2,1H3,(H2,25,26,27);1H. The Morgan fingerprint density at radius 1 is 1.03 bits per heavy atom. The normalized spacial score (nSPS) is 13.9. The summed E-state index contributed by atoms with van der Waals surface area (Å²) in [7, 11) is 0. The van der Waals surface area contributed by atoms with Crippen LogP contribution in [0.3, 0.4) is 0 Å². The number of aliphatic imine (C=N–C) groups is 1.